The van der Waals surface area contributed by atoms with Crippen LogP contribution in [0.2, 0.25) is 0 Å². The Morgan fingerprint density at radius 2 is 2.38 bits per heavy atom. The second kappa shape index (κ2) is 3.80. The summed E-state index contributed by atoms with van der Waals surface area (Å²) >= 11 is 0. The first-order valence-electron chi connectivity index (χ1n) is 4.85. The number of aromatic nitrogens is 3. The molecule has 0 aromatic carbocycles. The van der Waals surface area contributed by atoms with E-state index in [0.29, 0.717) is 11.0 Å². The van der Waals surface area contributed by atoms with Crippen LogP contribution in [0.1, 0.15) is 17.3 Å². The third kappa shape index (κ3) is 1.48. The molecule has 0 fully saturated rings. The highest BCUT2D eigenvalue weighted by Gasteiger charge is 2.15. The maximum Gasteiger partial charge on any atom is 0.343 e. The zero-order valence-electron chi connectivity index (χ0n) is 8.98. The van der Waals surface area contributed by atoms with Crippen molar-refractivity contribution >= 4 is 17.0 Å². The minimum absolute atomic E-state index is 0.00190. The summed E-state index contributed by atoms with van der Waals surface area (Å²) in [5.41, 5.74) is 0.594. The Labute approximate surface area is 90.8 Å². The van der Waals surface area contributed by atoms with Gasteiger partial charge < -0.3 is 9.72 Å². The van der Waals surface area contributed by atoms with E-state index in [0.717, 1.165) is 0 Å². The Hall–Kier alpha value is -2.11. The quantitative estimate of drug-likeness (QED) is 0.746. The molecule has 2 heterocycles. The topological polar surface area (TPSA) is 77.0 Å². The van der Waals surface area contributed by atoms with Gasteiger partial charge in [0.1, 0.15) is 11.1 Å². The number of esters is 1. The number of H-pyrrole nitrogens is 1. The van der Waals surface area contributed by atoms with Gasteiger partial charge in [-0.25, -0.2) is 4.79 Å². The van der Waals surface area contributed by atoms with Crippen molar-refractivity contribution in [2.24, 2.45) is 7.05 Å². The van der Waals surface area contributed by atoms with E-state index in [9.17, 15) is 9.59 Å². The van der Waals surface area contributed by atoms with Crippen LogP contribution in [0, 0.1) is 0 Å². The number of nitrogens with zero attached hydrogens (tertiary/aromatic N) is 2. The van der Waals surface area contributed by atoms with Crippen LogP contribution in [0.25, 0.3) is 11.0 Å². The lowest BCUT2D eigenvalue weighted by Crippen LogP contribution is -2.19. The van der Waals surface area contributed by atoms with Crippen molar-refractivity contribution in [3.05, 3.63) is 28.2 Å². The van der Waals surface area contributed by atoms with Gasteiger partial charge in [0.2, 0.25) is 5.43 Å². The molecule has 0 saturated carbocycles. The Kier molecular flexibility index (Phi) is 2.47. The fourth-order valence-corrected chi connectivity index (χ4v) is 1.52. The molecule has 6 nitrogen and oxygen atoms in total. The van der Waals surface area contributed by atoms with Crippen molar-refractivity contribution in [3.8, 4) is 0 Å². The van der Waals surface area contributed by atoms with Crippen LogP contribution >= 0.6 is 0 Å². The zero-order chi connectivity index (χ0) is 11.7. The number of nitrogens with one attached hydrogen (secondary N) is 1. The summed E-state index contributed by atoms with van der Waals surface area (Å²) in [6, 6.07) is 0. The summed E-state index contributed by atoms with van der Waals surface area (Å²) in [6.07, 6.45) is 2.88. The van der Waals surface area contributed by atoms with Crippen LogP contribution in [0.15, 0.2) is 17.2 Å². The van der Waals surface area contributed by atoms with E-state index in [2.05, 4.69) is 10.1 Å². The number of hydrogen-bond donors (Lipinski definition) is 1. The van der Waals surface area contributed by atoms with Gasteiger partial charge >= 0.3 is 5.97 Å². The fourth-order valence-electron chi connectivity index (χ4n) is 1.52. The fraction of sp³-hybridized carbons (Fsp3) is 0.300. The molecule has 1 N–H and O–H groups in total. The predicted molar refractivity (Wildman–Crippen MR) is 57.3 cm³/mol. The highest BCUT2D eigenvalue weighted by Crippen LogP contribution is 2.06. The number of fused-ring (bicyclic) bond motifs is 1. The van der Waals surface area contributed by atoms with E-state index >= 15 is 0 Å². The molecule has 0 spiro atoms. The number of aryl methyl sites for hydroxylation is 1. The monoisotopic (exact) mass is 221 g/mol. The van der Waals surface area contributed by atoms with Gasteiger partial charge in [0.25, 0.3) is 0 Å². The summed E-state index contributed by atoms with van der Waals surface area (Å²) in [7, 11) is 1.65. The lowest BCUT2D eigenvalue weighted by Gasteiger charge is -2.01. The van der Waals surface area contributed by atoms with Crippen LogP contribution in [0.5, 0.6) is 0 Å². The Balaban J connectivity index is 2.64. The molecule has 2 rings (SSSR count). The molecule has 0 saturated heterocycles. The first kappa shape index (κ1) is 10.4. The highest BCUT2D eigenvalue weighted by molar-refractivity contribution is 5.92. The maximum atomic E-state index is 11.9. The van der Waals surface area contributed by atoms with Crippen molar-refractivity contribution in [3.63, 3.8) is 0 Å². The number of aromatic amines is 1. The number of pyridine rings is 1. The molecule has 0 aliphatic rings. The van der Waals surface area contributed by atoms with Gasteiger partial charge in [0.15, 0.2) is 0 Å². The van der Waals surface area contributed by atoms with Crippen LogP contribution < -0.4 is 5.43 Å². The minimum Gasteiger partial charge on any atom is -0.462 e. The molecule has 0 atom stereocenters. The number of carbonyl (C=O) groups is 1. The highest BCUT2D eigenvalue weighted by atomic mass is 16.5. The van der Waals surface area contributed by atoms with Crippen LogP contribution in [0.3, 0.4) is 0 Å². The second-order valence-electron chi connectivity index (χ2n) is 3.28. The molecule has 0 bridgehead atoms. The van der Waals surface area contributed by atoms with Gasteiger partial charge in [-0.2, -0.15) is 5.10 Å². The van der Waals surface area contributed by atoms with E-state index in [1.807, 2.05) is 0 Å². The van der Waals surface area contributed by atoms with Gasteiger partial charge in [-0.3, -0.25) is 9.48 Å². The van der Waals surface area contributed by atoms with E-state index in [4.69, 9.17) is 4.74 Å². The molecule has 2 aromatic heterocycles. The lowest BCUT2D eigenvalue weighted by atomic mass is 10.2. The van der Waals surface area contributed by atoms with Gasteiger partial charge in [0.05, 0.1) is 18.3 Å². The molecule has 0 aliphatic carbocycles. The van der Waals surface area contributed by atoms with Gasteiger partial charge in [0, 0.05) is 13.2 Å². The number of rotatable bonds is 2. The van der Waals surface area contributed by atoms with Crippen molar-refractivity contribution in [2.45, 2.75) is 6.92 Å². The van der Waals surface area contributed by atoms with E-state index < -0.39 is 5.97 Å². The maximum absolute atomic E-state index is 11.9. The third-order valence-corrected chi connectivity index (χ3v) is 2.27. The third-order valence-electron chi connectivity index (χ3n) is 2.27. The van der Waals surface area contributed by atoms with Crippen molar-refractivity contribution < 1.29 is 9.53 Å². The number of ether oxygens (including phenoxy) is 1. The minimum atomic E-state index is -0.619. The lowest BCUT2D eigenvalue weighted by molar-refractivity contribution is 0.0524. The molecule has 84 valence electrons. The van der Waals surface area contributed by atoms with Crippen molar-refractivity contribution in [1.29, 1.82) is 0 Å². The normalized spacial score (nSPS) is 10.6. The largest absolute Gasteiger partial charge is 0.462 e. The van der Waals surface area contributed by atoms with E-state index in [-0.39, 0.29) is 17.6 Å². The molecule has 16 heavy (non-hydrogen) atoms. The summed E-state index contributed by atoms with van der Waals surface area (Å²) in [5.74, 6) is -0.619. The van der Waals surface area contributed by atoms with Crippen molar-refractivity contribution in [1.82, 2.24) is 14.8 Å². The summed E-state index contributed by atoms with van der Waals surface area (Å²) in [6.45, 7) is 1.93. The number of carbonyl (C=O) groups excluding carboxylic acids is 1. The smallest absolute Gasteiger partial charge is 0.343 e. The second-order valence-corrected chi connectivity index (χ2v) is 3.28. The van der Waals surface area contributed by atoms with Crippen LogP contribution in [-0.2, 0) is 11.8 Å². The van der Waals surface area contributed by atoms with Gasteiger partial charge in [-0.1, -0.05) is 0 Å². The first-order chi connectivity index (χ1) is 7.65. The SMILES string of the molecule is CCOC(=O)c1c[nH]c2cnn(C)c2c1=O. The first-order valence-corrected chi connectivity index (χ1v) is 4.85. The molecule has 2 aromatic rings. The van der Waals surface area contributed by atoms with E-state index in [1.54, 1.807) is 14.0 Å². The van der Waals surface area contributed by atoms with Gasteiger partial charge in [-0.15, -0.1) is 0 Å². The average molecular weight is 221 g/mol. The molecule has 0 aliphatic heterocycles. The number of hydrogen-bond acceptors (Lipinski definition) is 4. The molecule has 0 amide bonds. The molecular formula is C10H11N3O3. The molecular weight excluding hydrogens is 210 g/mol. The van der Waals surface area contributed by atoms with Crippen LogP contribution in [-0.4, -0.2) is 27.3 Å². The summed E-state index contributed by atoms with van der Waals surface area (Å²) in [5, 5.41) is 3.94. The molecule has 0 unspecified atom stereocenters. The standard InChI is InChI=1S/C10H11N3O3/c1-3-16-10(15)6-4-11-7-5-12-13(2)8(7)9(6)14/h4-5H,3H2,1-2H3,(H,11,14). The average Bonchev–Trinajstić information content (AvgIpc) is 2.62. The molecule has 0 radical (unpaired) electrons. The predicted octanol–water partition coefficient (Wildman–Crippen LogP) is 0.438. The van der Waals surface area contributed by atoms with E-state index in [1.165, 1.54) is 17.1 Å². The zero-order valence-corrected chi connectivity index (χ0v) is 8.98. The van der Waals surface area contributed by atoms with Crippen molar-refractivity contribution in [2.75, 3.05) is 6.61 Å². The van der Waals surface area contributed by atoms with Crippen LogP contribution in [0.4, 0.5) is 0 Å². The Morgan fingerprint density at radius 1 is 1.62 bits per heavy atom. The Morgan fingerprint density at radius 3 is 3.06 bits per heavy atom. The van der Waals surface area contributed by atoms with Gasteiger partial charge in [-0.05, 0) is 6.92 Å². The summed E-state index contributed by atoms with van der Waals surface area (Å²) in [4.78, 5) is 26.3. The molecule has 6 heteroatoms. The Bertz CT molecular complexity index is 597. The summed E-state index contributed by atoms with van der Waals surface area (Å²) < 4.78 is 6.21.